The molecule has 2 aromatic carbocycles. The van der Waals surface area contributed by atoms with Gasteiger partial charge in [-0.05, 0) is 48.6 Å². The molecule has 2 aliphatic heterocycles. The van der Waals surface area contributed by atoms with Crippen molar-refractivity contribution in [2.45, 2.75) is 25.2 Å². The van der Waals surface area contributed by atoms with E-state index in [1.807, 2.05) is 0 Å². The van der Waals surface area contributed by atoms with Crippen molar-refractivity contribution in [2.24, 2.45) is 11.8 Å². The molecular weight excluding hydrogens is 394 g/mol. The van der Waals surface area contributed by atoms with E-state index in [2.05, 4.69) is 13.8 Å². The number of hydrogen-bond acceptors (Lipinski definition) is 6. The highest BCUT2D eigenvalue weighted by Crippen LogP contribution is 2.35. The molecule has 4 rings (SSSR count). The number of fused-ring (bicyclic) bond motifs is 1. The number of esters is 1. The van der Waals surface area contributed by atoms with Crippen LogP contribution in [0.25, 0.3) is 0 Å². The predicted octanol–water partition coefficient (Wildman–Crippen LogP) is 3.30. The van der Waals surface area contributed by atoms with Gasteiger partial charge in [-0.15, -0.1) is 0 Å². The Labute approximate surface area is 170 Å². The minimum absolute atomic E-state index is 0.0962. The molecule has 0 aliphatic carbocycles. The van der Waals surface area contributed by atoms with Crippen molar-refractivity contribution in [3.8, 4) is 17.2 Å². The second-order valence-corrected chi connectivity index (χ2v) is 9.64. The molecule has 0 amide bonds. The molecular formula is C21H23NO6S. The summed E-state index contributed by atoms with van der Waals surface area (Å²) in [5.74, 6) is 1.34. The van der Waals surface area contributed by atoms with Gasteiger partial charge in [0, 0.05) is 19.2 Å². The number of hydrogen-bond donors (Lipinski definition) is 0. The number of nitrogens with zero attached hydrogens (tertiary/aromatic N) is 1. The first-order valence-corrected chi connectivity index (χ1v) is 11.0. The van der Waals surface area contributed by atoms with Crippen molar-refractivity contribution in [1.29, 1.82) is 0 Å². The highest BCUT2D eigenvalue weighted by Gasteiger charge is 2.32. The van der Waals surface area contributed by atoms with E-state index in [9.17, 15) is 13.2 Å². The van der Waals surface area contributed by atoms with E-state index in [0.29, 0.717) is 42.2 Å². The fourth-order valence-corrected chi connectivity index (χ4v) is 5.57. The second kappa shape index (κ2) is 7.68. The third-order valence-electron chi connectivity index (χ3n) is 5.10. The molecule has 1 saturated heterocycles. The Bertz CT molecular complexity index is 1030. The summed E-state index contributed by atoms with van der Waals surface area (Å²) in [5.41, 5.74) is 0.168. The van der Waals surface area contributed by atoms with Crippen molar-refractivity contribution >= 4 is 16.0 Å². The zero-order valence-corrected chi connectivity index (χ0v) is 17.1. The maximum atomic E-state index is 13.1. The molecule has 0 aromatic heterocycles. The molecule has 0 bridgehead atoms. The normalized spacial score (nSPS) is 21.7. The van der Waals surface area contributed by atoms with E-state index < -0.39 is 16.0 Å². The van der Waals surface area contributed by atoms with Crippen molar-refractivity contribution in [1.82, 2.24) is 4.31 Å². The summed E-state index contributed by atoms with van der Waals surface area (Å²) in [5, 5.41) is 0. The van der Waals surface area contributed by atoms with Gasteiger partial charge < -0.3 is 14.2 Å². The van der Waals surface area contributed by atoms with Gasteiger partial charge in [-0.3, -0.25) is 0 Å². The fourth-order valence-electron chi connectivity index (χ4n) is 3.84. The van der Waals surface area contributed by atoms with Crippen molar-refractivity contribution in [3.05, 3.63) is 48.0 Å². The lowest BCUT2D eigenvalue weighted by Gasteiger charge is -2.34. The average Bonchev–Trinajstić information content (AvgIpc) is 3.15. The molecule has 0 spiro atoms. The summed E-state index contributed by atoms with van der Waals surface area (Å²) in [6, 6.07) is 10.8. The highest BCUT2D eigenvalue weighted by atomic mass is 32.2. The van der Waals surface area contributed by atoms with Crippen molar-refractivity contribution in [3.63, 3.8) is 0 Å². The summed E-state index contributed by atoms with van der Waals surface area (Å²) in [4.78, 5) is 12.7. The highest BCUT2D eigenvalue weighted by molar-refractivity contribution is 7.89. The number of ether oxygens (including phenoxy) is 3. The predicted molar refractivity (Wildman–Crippen MR) is 106 cm³/mol. The van der Waals surface area contributed by atoms with Gasteiger partial charge in [0.25, 0.3) is 0 Å². The van der Waals surface area contributed by atoms with E-state index in [1.54, 1.807) is 24.3 Å². The zero-order chi connectivity index (χ0) is 20.6. The van der Waals surface area contributed by atoms with Gasteiger partial charge >= 0.3 is 5.97 Å². The maximum Gasteiger partial charge on any atom is 0.343 e. The molecule has 2 heterocycles. The van der Waals surface area contributed by atoms with E-state index in [-0.39, 0.29) is 17.3 Å². The SMILES string of the molecule is C[C@@H]1C[C@@H](C)CN(S(=O)(=O)c2cccc(C(=O)Oc3ccc4c(c3)OCO4)c2)C1. The smallest absolute Gasteiger partial charge is 0.343 e. The van der Waals surface area contributed by atoms with E-state index >= 15 is 0 Å². The summed E-state index contributed by atoms with van der Waals surface area (Å²) < 4.78 is 43.6. The molecule has 2 atom stereocenters. The van der Waals surface area contributed by atoms with Crippen LogP contribution >= 0.6 is 0 Å². The van der Waals surface area contributed by atoms with Crippen LogP contribution < -0.4 is 14.2 Å². The maximum absolute atomic E-state index is 13.1. The van der Waals surface area contributed by atoms with Crippen LogP contribution in [0.1, 0.15) is 30.6 Å². The lowest BCUT2D eigenvalue weighted by atomic mass is 9.94. The molecule has 0 N–H and O–H groups in total. The van der Waals surface area contributed by atoms with E-state index in [0.717, 1.165) is 6.42 Å². The van der Waals surface area contributed by atoms with Crippen LogP contribution in [0.2, 0.25) is 0 Å². The van der Waals surface area contributed by atoms with Crippen LogP contribution in [0.3, 0.4) is 0 Å². The Balaban J connectivity index is 1.54. The quantitative estimate of drug-likeness (QED) is 0.561. The molecule has 2 aliphatic rings. The van der Waals surface area contributed by atoms with Gasteiger partial charge in [-0.25, -0.2) is 13.2 Å². The molecule has 7 nitrogen and oxygen atoms in total. The minimum Gasteiger partial charge on any atom is -0.454 e. The Morgan fingerprint density at radius 3 is 2.52 bits per heavy atom. The van der Waals surface area contributed by atoms with Crippen LogP contribution in [0.15, 0.2) is 47.4 Å². The largest absolute Gasteiger partial charge is 0.454 e. The molecule has 0 unspecified atom stereocenters. The van der Waals surface area contributed by atoms with Crippen molar-refractivity contribution in [2.75, 3.05) is 19.9 Å². The second-order valence-electron chi connectivity index (χ2n) is 7.70. The monoisotopic (exact) mass is 417 g/mol. The standard InChI is InChI=1S/C21H23NO6S/c1-14-8-15(2)12-22(11-14)29(24,25)18-5-3-4-16(9-18)21(23)28-17-6-7-19-20(10-17)27-13-26-19/h3-7,9-10,14-15H,8,11-13H2,1-2H3/t14-,15-/m1/s1. The van der Waals surface area contributed by atoms with Gasteiger partial charge in [0.05, 0.1) is 10.5 Å². The molecule has 2 aromatic rings. The molecule has 154 valence electrons. The van der Waals surface area contributed by atoms with Crippen LogP contribution in [0.4, 0.5) is 0 Å². The Morgan fingerprint density at radius 1 is 1.03 bits per heavy atom. The van der Waals surface area contributed by atoms with Crippen LogP contribution in [0, 0.1) is 11.8 Å². The van der Waals surface area contributed by atoms with Gasteiger partial charge in [0.2, 0.25) is 16.8 Å². The van der Waals surface area contributed by atoms with Crippen LogP contribution in [-0.4, -0.2) is 38.6 Å². The van der Waals surface area contributed by atoms with Crippen LogP contribution in [0.5, 0.6) is 17.2 Å². The van der Waals surface area contributed by atoms with Gasteiger partial charge in [0.15, 0.2) is 11.5 Å². The summed E-state index contributed by atoms with van der Waals surface area (Å²) in [7, 11) is -3.68. The average molecular weight is 417 g/mol. The number of sulfonamides is 1. The van der Waals surface area contributed by atoms with Gasteiger partial charge in [-0.2, -0.15) is 4.31 Å². The molecule has 0 saturated carbocycles. The molecule has 8 heteroatoms. The zero-order valence-electron chi connectivity index (χ0n) is 16.3. The first-order chi connectivity index (χ1) is 13.8. The molecule has 1 fully saturated rings. The molecule has 29 heavy (non-hydrogen) atoms. The van der Waals surface area contributed by atoms with Gasteiger partial charge in [0.1, 0.15) is 5.75 Å². The van der Waals surface area contributed by atoms with Crippen LogP contribution in [-0.2, 0) is 10.0 Å². The Morgan fingerprint density at radius 2 is 1.76 bits per heavy atom. The third kappa shape index (κ3) is 4.09. The minimum atomic E-state index is -3.68. The number of rotatable bonds is 4. The van der Waals surface area contributed by atoms with E-state index in [4.69, 9.17) is 14.2 Å². The molecule has 0 radical (unpaired) electrons. The lowest BCUT2D eigenvalue weighted by molar-refractivity contribution is 0.0734. The summed E-state index contributed by atoms with van der Waals surface area (Å²) in [6.07, 6.45) is 1.01. The number of carbonyl (C=O) groups excluding carboxylic acids is 1. The summed E-state index contributed by atoms with van der Waals surface area (Å²) in [6.45, 7) is 5.20. The van der Waals surface area contributed by atoms with E-state index in [1.165, 1.54) is 22.5 Å². The number of piperidine rings is 1. The first-order valence-electron chi connectivity index (χ1n) is 9.55. The first kappa shape index (κ1) is 19.7. The van der Waals surface area contributed by atoms with Gasteiger partial charge in [-0.1, -0.05) is 19.9 Å². The van der Waals surface area contributed by atoms with Crippen molar-refractivity contribution < 1.29 is 27.4 Å². The Kier molecular flexibility index (Phi) is 5.23. The topological polar surface area (TPSA) is 82.1 Å². The summed E-state index contributed by atoms with van der Waals surface area (Å²) >= 11 is 0. The number of carbonyl (C=O) groups is 1. The Hall–Kier alpha value is -2.58. The third-order valence-corrected chi connectivity index (χ3v) is 6.93. The number of benzene rings is 2. The lowest BCUT2D eigenvalue weighted by Crippen LogP contribution is -2.42. The fraction of sp³-hybridized carbons (Fsp3) is 0.381.